The minimum Gasteiger partial charge on any atom is -0.326 e. The van der Waals surface area contributed by atoms with Gasteiger partial charge in [-0.15, -0.1) is 0 Å². The van der Waals surface area contributed by atoms with Gasteiger partial charge in [0.05, 0.1) is 0 Å². The summed E-state index contributed by atoms with van der Waals surface area (Å²) in [6.07, 6.45) is 5.73. The maximum atomic E-state index is 11.8. The van der Waals surface area contributed by atoms with Crippen LogP contribution in [0.25, 0.3) is 0 Å². The molecule has 0 spiro atoms. The average Bonchev–Trinajstić information content (AvgIpc) is 2.47. The molecule has 0 aliphatic rings. The molecule has 19 heavy (non-hydrogen) atoms. The first-order chi connectivity index (χ1) is 9.28. The number of aryl methyl sites for hydroxylation is 2. The number of benzene rings is 1. The highest BCUT2D eigenvalue weighted by Crippen LogP contribution is 2.11. The summed E-state index contributed by atoms with van der Waals surface area (Å²) in [6.45, 7) is 2.11. The number of anilines is 1. The predicted molar refractivity (Wildman–Crippen MR) is 77.0 cm³/mol. The van der Waals surface area contributed by atoms with Crippen molar-refractivity contribution in [2.24, 2.45) is 0 Å². The van der Waals surface area contributed by atoms with Crippen LogP contribution in [0.15, 0.2) is 48.8 Å². The molecule has 0 fully saturated rings. The van der Waals surface area contributed by atoms with Gasteiger partial charge in [-0.05, 0) is 48.2 Å². The molecule has 0 aliphatic carbocycles. The number of nitrogens with one attached hydrogen (secondary N) is 1. The number of amides is 1. The smallest absolute Gasteiger partial charge is 0.224 e. The van der Waals surface area contributed by atoms with E-state index in [4.69, 9.17) is 0 Å². The molecule has 0 saturated heterocycles. The quantitative estimate of drug-likeness (QED) is 0.890. The summed E-state index contributed by atoms with van der Waals surface area (Å²) in [5.74, 6) is 0.0426. The highest BCUT2D eigenvalue weighted by Gasteiger charge is 2.03. The van der Waals surface area contributed by atoms with Crippen LogP contribution in [0.4, 0.5) is 5.69 Å². The summed E-state index contributed by atoms with van der Waals surface area (Å²) in [5, 5.41) is 2.91. The van der Waals surface area contributed by atoms with Gasteiger partial charge in [-0.25, -0.2) is 0 Å². The van der Waals surface area contributed by atoms with Crippen molar-refractivity contribution >= 4 is 11.6 Å². The number of hydrogen-bond donors (Lipinski definition) is 1. The second-order valence-electron chi connectivity index (χ2n) is 4.45. The Morgan fingerprint density at radius 2 is 1.74 bits per heavy atom. The summed E-state index contributed by atoms with van der Waals surface area (Å²) in [5.41, 5.74) is 3.26. The lowest BCUT2D eigenvalue weighted by Crippen LogP contribution is -2.12. The molecule has 1 aromatic heterocycles. The highest BCUT2D eigenvalue weighted by atomic mass is 16.1. The van der Waals surface area contributed by atoms with Crippen molar-refractivity contribution in [3.63, 3.8) is 0 Å². The molecule has 3 nitrogen and oxygen atoms in total. The van der Waals surface area contributed by atoms with Crippen molar-refractivity contribution in [3.8, 4) is 0 Å². The fraction of sp³-hybridized carbons (Fsp3) is 0.250. The van der Waals surface area contributed by atoms with Gasteiger partial charge >= 0.3 is 0 Å². The van der Waals surface area contributed by atoms with Gasteiger partial charge in [0.2, 0.25) is 5.91 Å². The Bertz CT molecular complexity index is 520. The van der Waals surface area contributed by atoms with Gasteiger partial charge in [0.1, 0.15) is 0 Å². The molecule has 1 heterocycles. The summed E-state index contributed by atoms with van der Waals surface area (Å²) in [4.78, 5) is 15.8. The molecule has 98 valence electrons. The minimum absolute atomic E-state index is 0.0426. The summed E-state index contributed by atoms with van der Waals surface area (Å²) in [6, 6.07) is 11.8. The van der Waals surface area contributed by atoms with E-state index in [0.29, 0.717) is 6.42 Å². The van der Waals surface area contributed by atoms with Crippen LogP contribution < -0.4 is 5.32 Å². The van der Waals surface area contributed by atoms with Gasteiger partial charge in [-0.1, -0.05) is 19.1 Å². The Balaban J connectivity index is 1.83. The number of rotatable bonds is 5. The molecule has 1 aromatic carbocycles. The van der Waals surface area contributed by atoms with Crippen LogP contribution in [0.3, 0.4) is 0 Å². The molecule has 0 bridgehead atoms. The molecule has 2 rings (SSSR count). The lowest BCUT2D eigenvalue weighted by molar-refractivity contribution is -0.116. The molecule has 2 aromatic rings. The zero-order valence-electron chi connectivity index (χ0n) is 11.1. The molecule has 0 saturated carbocycles. The van der Waals surface area contributed by atoms with E-state index in [0.717, 1.165) is 24.1 Å². The topological polar surface area (TPSA) is 42.0 Å². The molecular formula is C16H18N2O. The van der Waals surface area contributed by atoms with E-state index in [2.05, 4.69) is 17.2 Å². The van der Waals surface area contributed by atoms with E-state index in [9.17, 15) is 4.79 Å². The predicted octanol–water partition coefficient (Wildman–Crippen LogP) is 3.22. The molecule has 0 unspecified atom stereocenters. The van der Waals surface area contributed by atoms with Gasteiger partial charge in [-0.2, -0.15) is 0 Å². The summed E-state index contributed by atoms with van der Waals surface area (Å²) in [7, 11) is 0. The molecule has 3 heteroatoms. The monoisotopic (exact) mass is 254 g/mol. The number of carbonyl (C=O) groups is 1. The van der Waals surface area contributed by atoms with Crippen LogP contribution in [-0.4, -0.2) is 10.9 Å². The first kappa shape index (κ1) is 13.3. The SMILES string of the molecule is CCc1ccc(NC(=O)CCc2ccncc2)cc1. The number of nitrogens with zero attached hydrogens (tertiary/aromatic N) is 1. The Morgan fingerprint density at radius 3 is 2.37 bits per heavy atom. The molecule has 0 atom stereocenters. The van der Waals surface area contributed by atoms with Crippen molar-refractivity contribution in [3.05, 3.63) is 59.9 Å². The van der Waals surface area contributed by atoms with Crippen LogP contribution in [0.5, 0.6) is 0 Å². The van der Waals surface area contributed by atoms with Crippen molar-refractivity contribution in [1.29, 1.82) is 0 Å². The summed E-state index contributed by atoms with van der Waals surface area (Å²) >= 11 is 0. The lowest BCUT2D eigenvalue weighted by Gasteiger charge is -2.06. The van der Waals surface area contributed by atoms with Gasteiger partial charge in [0.25, 0.3) is 0 Å². The second-order valence-corrected chi connectivity index (χ2v) is 4.45. The fourth-order valence-corrected chi connectivity index (χ4v) is 1.85. The van der Waals surface area contributed by atoms with Gasteiger partial charge in [-0.3, -0.25) is 9.78 Å². The Kier molecular flexibility index (Phi) is 4.67. The van der Waals surface area contributed by atoms with E-state index in [-0.39, 0.29) is 5.91 Å². The van der Waals surface area contributed by atoms with Crippen LogP contribution in [0, 0.1) is 0 Å². The van der Waals surface area contributed by atoms with Gasteiger partial charge in [0, 0.05) is 24.5 Å². The van der Waals surface area contributed by atoms with Crippen LogP contribution >= 0.6 is 0 Å². The van der Waals surface area contributed by atoms with Crippen molar-refractivity contribution < 1.29 is 4.79 Å². The van der Waals surface area contributed by atoms with E-state index < -0.39 is 0 Å². The van der Waals surface area contributed by atoms with E-state index >= 15 is 0 Å². The lowest BCUT2D eigenvalue weighted by atomic mass is 10.1. The maximum Gasteiger partial charge on any atom is 0.224 e. The zero-order chi connectivity index (χ0) is 13.5. The van der Waals surface area contributed by atoms with E-state index in [1.54, 1.807) is 12.4 Å². The van der Waals surface area contributed by atoms with Crippen molar-refractivity contribution in [1.82, 2.24) is 4.98 Å². The zero-order valence-corrected chi connectivity index (χ0v) is 11.1. The number of aromatic nitrogens is 1. The Morgan fingerprint density at radius 1 is 1.05 bits per heavy atom. The number of carbonyl (C=O) groups excluding carboxylic acids is 1. The highest BCUT2D eigenvalue weighted by molar-refractivity contribution is 5.90. The number of hydrogen-bond acceptors (Lipinski definition) is 2. The van der Waals surface area contributed by atoms with E-state index in [1.165, 1.54) is 5.56 Å². The normalized spacial score (nSPS) is 10.2. The number of pyridine rings is 1. The average molecular weight is 254 g/mol. The first-order valence-electron chi connectivity index (χ1n) is 6.55. The first-order valence-corrected chi connectivity index (χ1v) is 6.55. The van der Waals surface area contributed by atoms with E-state index in [1.807, 2.05) is 36.4 Å². The third-order valence-corrected chi connectivity index (χ3v) is 3.04. The largest absolute Gasteiger partial charge is 0.326 e. The Hall–Kier alpha value is -2.16. The maximum absolute atomic E-state index is 11.8. The molecule has 1 N–H and O–H groups in total. The van der Waals surface area contributed by atoms with Crippen molar-refractivity contribution in [2.75, 3.05) is 5.32 Å². The second kappa shape index (κ2) is 6.69. The third kappa shape index (κ3) is 4.21. The van der Waals surface area contributed by atoms with Gasteiger partial charge in [0.15, 0.2) is 0 Å². The Labute approximate surface area is 113 Å². The minimum atomic E-state index is 0.0426. The fourth-order valence-electron chi connectivity index (χ4n) is 1.85. The van der Waals surface area contributed by atoms with Crippen molar-refractivity contribution in [2.45, 2.75) is 26.2 Å². The molecule has 0 radical (unpaired) electrons. The molecule has 0 aliphatic heterocycles. The molecular weight excluding hydrogens is 236 g/mol. The third-order valence-electron chi connectivity index (χ3n) is 3.04. The van der Waals surface area contributed by atoms with Crippen LogP contribution in [0.1, 0.15) is 24.5 Å². The molecule has 1 amide bonds. The standard InChI is InChI=1S/C16H18N2O/c1-2-13-3-6-15(7-4-13)18-16(19)8-5-14-9-11-17-12-10-14/h3-4,6-7,9-12H,2,5,8H2,1H3,(H,18,19). The van der Waals surface area contributed by atoms with Gasteiger partial charge < -0.3 is 5.32 Å². The van der Waals surface area contributed by atoms with Crippen LogP contribution in [0.2, 0.25) is 0 Å². The van der Waals surface area contributed by atoms with Crippen LogP contribution in [-0.2, 0) is 17.6 Å². The summed E-state index contributed by atoms with van der Waals surface area (Å²) < 4.78 is 0.